The van der Waals surface area contributed by atoms with E-state index in [0.29, 0.717) is 12.3 Å². The molecule has 0 fully saturated rings. The lowest BCUT2D eigenvalue weighted by molar-refractivity contribution is -0.120. The van der Waals surface area contributed by atoms with Crippen LogP contribution >= 0.6 is 11.8 Å². The highest BCUT2D eigenvalue weighted by Gasteiger charge is 2.04. The molecule has 1 aliphatic rings. The second-order valence-electron chi connectivity index (χ2n) is 2.43. The van der Waals surface area contributed by atoms with Gasteiger partial charge in [0.25, 0.3) is 0 Å². The molecule has 0 bridgehead atoms. The van der Waals surface area contributed by atoms with Gasteiger partial charge in [-0.05, 0) is 12.5 Å². The quantitative estimate of drug-likeness (QED) is 0.722. The van der Waals surface area contributed by atoms with Crippen molar-refractivity contribution in [3.8, 4) is 0 Å². The zero-order valence-corrected chi connectivity index (χ0v) is 7.86. The molecule has 1 N–H and O–H groups in total. The third-order valence-corrected chi connectivity index (χ3v) is 2.19. The summed E-state index contributed by atoms with van der Waals surface area (Å²) in [5.74, 6) is 0.796. The topological polar surface area (TPSA) is 41.5 Å². The minimum absolute atomic E-state index is 0.0894. The van der Waals surface area contributed by atoms with Crippen LogP contribution in [0.4, 0.5) is 0 Å². The molecule has 3 nitrogen and oxygen atoms in total. The lowest BCUT2D eigenvalue weighted by Crippen LogP contribution is -2.21. The zero-order valence-electron chi connectivity index (χ0n) is 7.04. The third-order valence-electron chi connectivity index (χ3n) is 1.37. The number of aliphatic imine (C=N–C) groups is 1. The Morgan fingerprint density at radius 1 is 1.83 bits per heavy atom. The first-order valence-corrected chi connectivity index (χ1v) is 4.94. The largest absolute Gasteiger partial charge is 0.321 e. The highest BCUT2D eigenvalue weighted by Crippen LogP contribution is 2.14. The first-order valence-electron chi connectivity index (χ1n) is 3.95. The summed E-state index contributed by atoms with van der Waals surface area (Å²) in [7, 11) is 0. The summed E-state index contributed by atoms with van der Waals surface area (Å²) < 4.78 is 0. The Balaban J connectivity index is 2.34. The minimum Gasteiger partial charge on any atom is -0.321 e. The van der Waals surface area contributed by atoms with Gasteiger partial charge in [-0.15, -0.1) is 0 Å². The molecular weight excluding hydrogens is 172 g/mol. The second-order valence-corrected chi connectivity index (χ2v) is 3.42. The molecular formula is C8H12N2OS. The fraction of sp³-hybridized carbons (Fsp3) is 0.500. The van der Waals surface area contributed by atoms with Crippen molar-refractivity contribution in [1.82, 2.24) is 5.32 Å². The van der Waals surface area contributed by atoms with Gasteiger partial charge >= 0.3 is 0 Å². The van der Waals surface area contributed by atoms with Crippen molar-refractivity contribution in [2.75, 3.05) is 5.88 Å². The van der Waals surface area contributed by atoms with Crippen molar-refractivity contribution in [2.45, 2.75) is 19.8 Å². The summed E-state index contributed by atoms with van der Waals surface area (Å²) in [5, 5.41) is 3.72. The Bertz CT molecular complexity index is 223. The molecule has 0 atom stereocenters. The van der Waals surface area contributed by atoms with Gasteiger partial charge in [0.15, 0.2) is 0 Å². The molecule has 1 aliphatic heterocycles. The van der Waals surface area contributed by atoms with Crippen LogP contribution in [0.5, 0.6) is 0 Å². The summed E-state index contributed by atoms with van der Waals surface area (Å²) in [6, 6.07) is 0. The molecule has 0 radical (unpaired) electrons. The summed E-state index contributed by atoms with van der Waals surface area (Å²) in [6.07, 6.45) is 5.02. The number of amides is 1. The number of nitrogens with one attached hydrogen (secondary N) is 1. The fourth-order valence-corrected chi connectivity index (χ4v) is 1.47. The van der Waals surface area contributed by atoms with Gasteiger partial charge in [0.2, 0.25) is 5.91 Å². The number of hydrogen-bond acceptors (Lipinski definition) is 3. The summed E-state index contributed by atoms with van der Waals surface area (Å²) >= 11 is 1.55. The SMILES string of the molecule is CCCC(=O)NC1=CC=NCS1. The molecule has 12 heavy (non-hydrogen) atoms. The summed E-state index contributed by atoms with van der Waals surface area (Å²) in [4.78, 5) is 15.1. The van der Waals surface area contributed by atoms with Crippen LogP contribution in [0, 0.1) is 0 Å². The Kier molecular flexibility index (Phi) is 3.87. The van der Waals surface area contributed by atoms with Crippen LogP contribution < -0.4 is 5.32 Å². The first-order chi connectivity index (χ1) is 5.83. The van der Waals surface area contributed by atoms with Crippen LogP contribution in [0.3, 0.4) is 0 Å². The lowest BCUT2D eigenvalue weighted by atomic mass is 10.3. The van der Waals surface area contributed by atoms with Gasteiger partial charge in [-0.2, -0.15) is 0 Å². The van der Waals surface area contributed by atoms with Gasteiger partial charge < -0.3 is 5.32 Å². The average Bonchev–Trinajstić information content (AvgIpc) is 2.06. The predicted molar refractivity (Wildman–Crippen MR) is 52.1 cm³/mol. The van der Waals surface area contributed by atoms with Crippen LogP contribution in [0.15, 0.2) is 16.1 Å². The number of thioether (sulfide) groups is 1. The normalized spacial score (nSPS) is 15.6. The summed E-state index contributed by atoms with van der Waals surface area (Å²) in [5.41, 5.74) is 0. The van der Waals surface area contributed by atoms with Crippen LogP contribution in [-0.4, -0.2) is 18.0 Å². The molecule has 0 aromatic carbocycles. The molecule has 0 spiro atoms. The van der Waals surface area contributed by atoms with E-state index in [2.05, 4.69) is 10.3 Å². The van der Waals surface area contributed by atoms with Crippen molar-refractivity contribution in [3.63, 3.8) is 0 Å². The van der Waals surface area contributed by atoms with Gasteiger partial charge in [0.05, 0.1) is 10.9 Å². The van der Waals surface area contributed by atoms with Gasteiger partial charge in [-0.1, -0.05) is 18.7 Å². The predicted octanol–water partition coefficient (Wildman–Crippen LogP) is 1.52. The zero-order chi connectivity index (χ0) is 8.81. The Morgan fingerprint density at radius 2 is 2.67 bits per heavy atom. The Hall–Kier alpha value is -0.770. The van der Waals surface area contributed by atoms with Crippen LogP contribution in [0.25, 0.3) is 0 Å². The number of nitrogens with zero attached hydrogens (tertiary/aromatic N) is 1. The van der Waals surface area contributed by atoms with E-state index in [9.17, 15) is 4.79 Å². The Labute approximate surface area is 76.3 Å². The molecule has 0 aromatic heterocycles. The molecule has 0 unspecified atom stereocenters. The van der Waals surface area contributed by atoms with Crippen LogP contribution in [0.1, 0.15) is 19.8 Å². The van der Waals surface area contributed by atoms with Crippen molar-refractivity contribution in [3.05, 3.63) is 11.1 Å². The maximum absolute atomic E-state index is 11.1. The van der Waals surface area contributed by atoms with E-state index in [-0.39, 0.29) is 5.91 Å². The molecule has 1 amide bonds. The number of allylic oxidation sites excluding steroid dienone is 1. The van der Waals surface area contributed by atoms with E-state index in [1.165, 1.54) is 0 Å². The fourth-order valence-electron chi connectivity index (χ4n) is 0.823. The van der Waals surface area contributed by atoms with Gasteiger partial charge in [0, 0.05) is 12.6 Å². The molecule has 1 heterocycles. The molecule has 1 rings (SSSR count). The molecule has 0 aromatic rings. The first kappa shape index (κ1) is 9.32. The van der Waals surface area contributed by atoms with E-state index in [4.69, 9.17) is 0 Å². The highest BCUT2D eigenvalue weighted by molar-refractivity contribution is 8.03. The van der Waals surface area contributed by atoms with E-state index < -0.39 is 0 Å². The van der Waals surface area contributed by atoms with E-state index >= 15 is 0 Å². The lowest BCUT2D eigenvalue weighted by Gasteiger charge is -2.08. The van der Waals surface area contributed by atoms with Gasteiger partial charge in [-0.25, -0.2) is 0 Å². The van der Waals surface area contributed by atoms with E-state index in [0.717, 1.165) is 11.4 Å². The van der Waals surface area contributed by atoms with Crippen molar-refractivity contribution < 1.29 is 4.79 Å². The molecule has 66 valence electrons. The number of rotatable bonds is 3. The molecule has 0 aliphatic carbocycles. The van der Waals surface area contributed by atoms with Crippen LogP contribution in [0.2, 0.25) is 0 Å². The maximum atomic E-state index is 11.1. The average molecular weight is 184 g/mol. The van der Waals surface area contributed by atoms with Crippen molar-refractivity contribution in [1.29, 1.82) is 0 Å². The van der Waals surface area contributed by atoms with Gasteiger partial charge in [0.1, 0.15) is 0 Å². The van der Waals surface area contributed by atoms with E-state index in [1.807, 2.05) is 13.0 Å². The van der Waals surface area contributed by atoms with Crippen molar-refractivity contribution in [2.24, 2.45) is 4.99 Å². The minimum atomic E-state index is 0.0894. The monoisotopic (exact) mass is 184 g/mol. The highest BCUT2D eigenvalue weighted by atomic mass is 32.2. The molecule has 4 heteroatoms. The maximum Gasteiger partial charge on any atom is 0.224 e. The Morgan fingerprint density at radius 3 is 3.25 bits per heavy atom. The molecule has 0 saturated heterocycles. The number of carbonyl (C=O) groups is 1. The second kappa shape index (κ2) is 4.98. The smallest absolute Gasteiger partial charge is 0.224 e. The van der Waals surface area contributed by atoms with Crippen LogP contribution in [-0.2, 0) is 4.79 Å². The summed E-state index contributed by atoms with van der Waals surface area (Å²) in [6.45, 7) is 1.99. The number of carbonyl (C=O) groups excluding carboxylic acids is 1. The number of hydrogen-bond donors (Lipinski definition) is 1. The van der Waals surface area contributed by atoms with Gasteiger partial charge in [-0.3, -0.25) is 9.79 Å². The standard InChI is InChI=1S/C8H12N2OS/c1-2-3-7(11)10-8-4-5-9-6-12-8/h4-5H,2-3,6H2,1H3,(H,10,11). The van der Waals surface area contributed by atoms with Crippen molar-refractivity contribution >= 4 is 23.9 Å². The molecule has 0 saturated carbocycles. The van der Waals surface area contributed by atoms with E-state index in [1.54, 1.807) is 18.0 Å². The third kappa shape index (κ3) is 3.09.